The van der Waals surface area contributed by atoms with Crippen LogP contribution in [0.5, 0.6) is 17.2 Å². The third-order valence-electron chi connectivity index (χ3n) is 4.13. The Labute approximate surface area is 167 Å². The van der Waals surface area contributed by atoms with Gasteiger partial charge in [0.1, 0.15) is 17.2 Å². The number of methoxy groups -OCH3 is 3. The quantitative estimate of drug-likeness (QED) is 0.708. The predicted molar refractivity (Wildman–Crippen MR) is 109 cm³/mol. The molecule has 1 aliphatic rings. The number of carbonyl (C=O) groups is 2. The molecule has 0 atom stereocenters. The van der Waals surface area contributed by atoms with Gasteiger partial charge in [-0.1, -0.05) is 0 Å². The number of amides is 2. The first-order valence-corrected chi connectivity index (χ1v) is 9.22. The first-order valence-electron chi connectivity index (χ1n) is 8.41. The van der Waals surface area contributed by atoms with Gasteiger partial charge in [-0.25, -0.2) is 0 Å². The second-order valence-electron chi connectivity index (χ2n) is 5.78. The van der Waals surface area contributed by atoms with E-state index in [0.717, 1.165) is 28.1 Å². The summed E-state index contributed by atoms with van der Waals surface area (Å²) in [4.78, 5) is 26.5. The van der Waals surface area contributed by atoms with Crippen molar-refractivity contribution in [3.63, 3.8) is 0 Å². The van der Waals surface area contributed by atoms with Gasteiger partial charge in [-0.3, -0.25) is 14.5 Å². The largest absolute Gasteiger partial charge is 0.497 e. The van der Waals surface area contributed by atoms with Crippen LogP contribution in [0.4, 0.5) is 10.5 Å². The van der Waals surface area contributed by atoms with Crippen LogP contribution in [0, 0.1) is 0 Å². The molecule has 3 rings (SSSR count). The van der Waals surface area contributed by atoms with Crippen molar-refractivity contribution in [1.82, 2.24) is 4.90 Å². The Morgan fingerprint density at radius 3 is 2.29 bits per heavy atom. The number of nitrogens with zero attached hydrogens (tertiary/aromatic N) is 1. The van der Waals surface area contributed by atoms with E-state index in [4.69, 9.17) is 14.2 Å². The number of hydrogen-bond donors (Lipinski definition) is 1. The average molecular weight is 400 g/mol. The molecule has 2 amide bonds. The van der Waals surface area contributed by atoms with Crippen LogP contribution in [-0.2, 0) is 4.79 Å². The lowest BCUT2D eigenvalue weighted by Gasteiger charge is -2.14. The molecule has 7 nitrogen and oxygen atoms in total. The molecule has 0 bridgehead atoms. The van der Waals surface area contributed by atoms with Crippen LogP contribution in [0.15, 0.2) is 47.4 Å². The molecule has 1 saturated heterocycles. The number of imide groups is 1. The van der Waals surface area contributed by atoms with Crippen molar-refractivity contribution in [2.75, 3.05) is 33.3 Å². The van der Waals surface area contributed by atoms with Crippen LogP contribution in [0.3, 0.4) is 0 Å². The van der Waals surface area contributed by atoms with Crippen LogP contribution in [0.25, 0.3) is 6.08 Å². The molecular weight excluding hydrogens is 380 g/mol. The van der Waals surface area contributed by atoms with E-state index < -0.39 is 0 Å². The van der Waals surface area contributed by atoms with Crippen LogP contribution in [0.2, 0.25) is 0 Å². The van der Waals surface area contributed by atoms with Gasteiger partial charge >= 0.3 is 0 Å². The van der Waals surface area contributed by atoms with Crippen LogP contribution >= 0.6 is 11.8 Å². The van der Waals surface area contributed by atoms with Crippen LogP contribution < -0.4 is 19.5 Å². The standard InChI is InChI=1S/C20H20N2O5S/c1-25-15-6-4-14(5-7-15)21-12-22-19(23)18(28-20(22)24)11-13-10-16(26-2)8-9-17(13)27-3/h4-11,21H,12H2,1-3H3. The summed E-state index contributed by atoms with van der Waals surface area (Å²) in [5.74, 6) is 1.59. The Kier molecular flexibility index (Phi) is 6.10. The summed E-state index contributed by atoms with van der Waals surface area (Å²) in [6.07, 6.45) is 1.64. The molecule has 8 heteroatoms. The molecule has 0 radical (unpaired) electrons. The monoisotopic (exact) mass is 400 g/mol. The molecule has 1 fully saturated rings. The van der Waals surface area contributed by atoms with Crippen molar-refractivity contribution in [2.45, 2.75) is 0 Å². The summed E-state index contributed by atoms with van der Waals surface area (Å²) in [5.41, 5.74) is 1.44. The molecule has 0 saturated carbocycles. The number of anilines is 1. The molecule has 0 aliphatic carbocycles. The summed E-state index contributed by atoms with van der Waals surface area (Å²) in [5, 5.41) is 2.73. The summed E-state index contributed by atoms with van der Waals surface area (Å²) in [7, 11) is 4.69. The normalized spacial score (nSPS) is 15.1. The number of hydrogen-bond acceptors (Lipinski definition) is 7. The highest BCUT2D eigenvalue weighted by Crippen LogP contribution is 2.35. The highest BCUT2D eigenvalue weighted by molar-refractivity contribution is 8.18. The topological polar surface area (TPSA) is 77.1 Å². The highest BCUT2D eigenvalue weighted by Gasteiger charge is 2.35. The van der Waals surface area contributed by atoms with Gasteiger partial charge in [0.2, 0.25) is 0 Å². The Morgan fingerprint density at radius 1 is 0.964 bits per heavy atom. The molecule has 1 heterocycles. The molecular formula is C20H20N2O5S. The van der Waals surface area contributed by atoms with E-state index in [0.29, 0.717) is 22.0 Å². The Morgan fingerprint density at radius 2 is 1.64 bits per heavy atom. The van der Waals surface area contributed by atoms with Crippen LogP contribution in [0.1, 0.15) is 5.56 Å². The van der Waals surface area contributed by atoms with Crippen molar-refractivity contribution < 1.29 is 23.8 Å². The maximum atomic E-state index is 12.7. The van der Waals surface area contributed by atoms with Gasteiger partial charge in [0, 0.05) is 11.3 Å². The summed E-state index contributed by atoms with van der Waals surface area (Å²) in [6, 6.07) is 12.5. The fourth-order valence-electron chi connectivity index (χ4n) is 2.61. The van der Waals surface area contributed by atoms with Crippen molar-refractivity contribution in [2.24, 2.45) is 0 Å². The van der Waals surface area contributed by atoms with Gasteiger partial charge < -0.3 is 19.5 Å². The number of carbonyl (C=O) groups excluding carboxylic acids is 2. The third kappa shape index (κ3) is 4.23. The van der Waals surface area contributed by atoms with E-state index in [2.05, 4.69) is 5.32 Å². The first kappa shape index (κ1) is 19.6. The number of nitrogens with one attached hydrogen (secondary N) is 1. The molecule has 2 aromatic rings. The van der Waals surface area contributed by atoms with E-state index in [1.54, 1.807) is 57.7 Å². The first-order chi connectivity index (χ1) is 13.5. The van der Waals surface area contributed by atoms with Crippen molar-refractivity contribution in [1.29, 1.82) is 0 Å². The SMILES string of the molecule is COc1ccc(NCN2C(=O)SC(=Cc3cc(OC)ccc3OC)C2=O)cc1. The third-order valence-corrected chi connectivity index (χ3v) is 5.04. The Bertz CT molecular complexity index is 911. The van der Waals surface area contributed by atoms with Gasteiger partial charge in [-0.05, 0) is 60.3 Å². The lowest BCUT2D eigenvalue weighted by Crippen LogP contribution is -2.33. The highest BCUT2D eigenvalue weighted by atomic mass is 32.2. The molecule has 1 aliphatic heterocycles. The van der Waals surface area contributed by atoms with Gasteiger partial charge in [0.25, 0.3) is 11.1 Å². The lowest BCUT2D eigenvalue weighted by molar-refractivity contribution is -0.122. The smallest absolute Gasteiger partial charge is 0.295 e. The van der Waals surface area contributed by atoms with E-state index in [-0.39, 0.29) is 17.8 Å². The van der Waals surface area contributed by atoms with Crippen molar-refractivity contribution in [3.8, 4) is 17.2 Å². The minimum absolute atomic E-state index is 0.0730. The van der Waals surface area contributed by atoms with E-state index in [1.807, 2.05) is 12.1 Å². The molecule has 0 aromatic heterocycles. The molecule has 28 heavy (non-hydrogen) atoms. The van der Waals surface area contributed by atoms with Gasteiger partial charge in [-0.15, -0.1) is 0 Å². The lowest BCUT2D eigenvalue weighted by atomic mass is 10.1. The fraction of sp³-hybridized carbons (Fsp3) is 0.200. The van der Waals surface area contributed by atoms with Crippen molar-refractivity contribution >= 4 is 34.7 Å². The molecule has 146 valence electrons. The number of thioether (sulfide) groups is 1. The summed E-state index contributed by atoms with van der Waals surface area (Å²) < 4.78 is 15.7. The van der Waals surface area contributed by atoms with Crippen molar-refractivity contribution in [3.05, 3.63) is 52.9 Å². The molecule has 0 spiro atoms. The minimum atomic E-state index is -0.360. The minimum Gasteiger partial charge on any atom is -0.497 e. The molecule has 1 N–H and O–H groups in total. The number of ether oxygens (including phenoxy) is 3. The average Bonchev–Trinajstić information content (AvgIpc) is 2.99. The van der Waals surface area contributed by atoms with E-state index in [1.165, 1.54) is 0 Å². The Hall–Kier alpha value is -3.13. The van der Waals surface area contributed by atoms with Gasteiger partial charge in [-0.2, -0.15) is 0 Å². The molecule has 0 unspecified atom stereocenters. The van der Waals surface area contributed by atoms with Crippen LogP contribution in [-0.4, -0.2) is 44.0 Å². The predicted octanol–water partition coefficient (Wildman–Crippen LogP) is 3.82. The Balaban J connectivity index is 1.75. The number of benzene rings is 2. The second-order valence-corrected chi connectivity index (χ2v) is 6.77. The summed E-state index contributed by atoms with van der Waals surface area (Å²) >= 11 is 0.893. The zero-order valence-corrected chi connectivity index (χ0v) is 16.5. The zero-order chi connectivity index (χ0) is 20.1. The fourth-order valence-corrected chi connectivity index (χ4v) is 3.44. The maximum Gasteiger partial charge on any atom is 0.295 e. The van der Waals surface area contributed by atoms with Gasteiger partial charge in [0.05, 0.1) is 32.9 Å². The van der Waals surface area contributed by atoms with E-state index >= 15 is 0 Å². The van der Waals surface area contributed by atoms with Gasteiger partial charge in [0.15, 0.2) is 0 Å². The zero-order valence-electron chi connectivity index (χ0n) is 15.7. The second kappa shape index (κ2) is 8.71. The molecule has 2 aromatic carbocycles. The van der Waals surface area contributed by atoms with E-state index in [9.17, 15) is 9.59 Å². The maximum absolute atomic E-state index is 12.7. The number of rotatable bonds is 7. The summed E-state index contributed by atoms with van der Waals surface area (Å²) in [6.45, 7) is 0.0730.